The van der Waals surface area contributed by atoms with Crippen molar-refractivity contribution in [1.29, 1.82) is 0 Å². The molecule has 1 aliphatic carbocycles. The van der Waals surface area contributed by atoms with Crippen LogP contribution >= 0.6 is 0 Å². The van der Waals surface area contributed by atoms with Gasteiger partial charge in [0.15, 0.2) is 0 Å². The number of hydrogen-bond donors (Lipinski definition) is 1. The zero-order valence-corrected chi connectivity index (χ0v) is 14.4. The van der Waals surface area contributed by atoms with Crippen molar-refractivity contribution >= 4 is 17.5 Å². The minimum absolute atomic E-state index is 0.0140. The van der Waals surface area contributed by atoms with Gasteiger partial charge in [-0.25, -0.2) is 0 Å². The van der Waals surface area contributed by atoms with Gasteiger partial charge in [0, 0.05) is 36.8 Å². The number of rotatable bonds is 5. The highest BCUT2D eigenvalue weighted by Gasteiger charge is 2.31. The molecular weight excluding hydrogens is 322 g/mol. The fourth-order valence-corrected chi connectivity index (χ4v) is 3.31. The maximum Gasteiger partial charge on any atom is 0.273 e. The minimum atomic E-state index is -0.476. The van der Waals surface area contributed by atoms with Gasteiger partial charge in [0.25, 0.3) is 11.6 Å². The van der Waals surface area contributed by atoms with Gasteiger partial charge in [-0.1, -0.05) is 6.07 Å². The third-order valence-electron chi connectivity index (χ3n) is 5.07. The molecule has 2 amide bonds. The summed E-state index contributed by atoms with van der Waals surface area (Å²) in [4.78, 5) is 37.4. The molecule has 2 fully saturated rings. The first-order valence-electron chi connectivity index (χ1n) is 8.78. The number of nitro benzene ring substituents is 1. The van der Waals surface area contributed by atoms with E-state index in [0.29, 0.717) is 30.1 Å². The zero-order chi connectivity index (χ0) is 18.0. The number of nitrogens with one attached hydrogen (secondary N) is 1. The van der Waals surface area contributed by atoms with Crippen molar-refractivity contribution in [3.05, 3.63) is 39.4 Å². The van der Waals surface area contributed by atoms with Crippen LogP contribution in [0.2, 0.25) is 0 Å². The van der Waals surface area contributed by atoms with Crippen molar-refractivity contribution < 1.29 is 14.5 Å². The van der Waals surface area contributed by atoms with Gasteiger partial charge >= 0.3 is 0 Å². The lowest BCUT2D eigenvalue weighted by Gasteiger charge is -2.32. The largest absolute Gasteiger partial charge is 0.356 e. The average Bonchev–Trinajstić information content (AvgIpc) is 3.43. The van der Waals surface area contributed by atoms with E-state index in [-0.39, 0.29) is 23.4 Å². The Morgan fingerprint density at radius 3 is 2.76 bits per heavy atom. The lowest BCUT2D eigenvalue weighted by molar-refractivity contribution is -0.385. The fourth-order valence-electron chi connectivity index (χ4n) is 3.31. The molecule has 3 rings (SSSR count). The summed E-state index contributed by atoms with van der Waals surface area (Å²) < 4.78 is 0. The highest BCUT2D eigenvalue weighted by atomic mass is 16.6. The summed E-state index contributed by atoms with van der Waals surface area (Å²) in [6.07, 6.45) is 3.90. The number of nitrogens with zero attached hydrogens (tertiary/aromatic N) is 2. The molecule has 1 aromatic rings. The van der Waals surface area contributed by atoms with E-state index in [4.69, 9.17) is 0 Å². The van der Waals surface area contributed by atoms with E-state index in [2.05, 4.69) is 5.32 Å². The van der Waals surface area contributed by atoms with Gasteiger partial charge < -0.3 is 10.2 Å². The molecule has 0 aromatic heterocycles. The summed E-state index contributed by atoms with van der Waals surface area (Å²) in [5, 5.41) is 14.1. The highest BCUT2D eigenvalue weighted by molar-refractivity contribution is 5.97. The van der Waals surface area contributed by atoms with Gasteiger partial charge in [0.2, 0.25) is 5.91 Å². The lowest BCUT2D eigenvalue weighted by Crippen LogP contribution is -2.45. The van der Waals surface area contributed by atoms with Crippen molar-refractivity contribution in [2.24, 2.45) is 11.8 Å². The third kappa shape index (κ3) is 3.97. The van der Waals surface area contributed by atoms with Crippen molar-refractivity contribution in [2.75, 3.05) is 19.6 Å². The van der Waals surface area contributed by atoms with E-state index in [0.717, 1.165) is 19.4 Å². The van der Waals surface area contributed by atoms with Crippen molar-refractivity contribution in [2.45, 2.75) is 32.6 Å². The fraction of sp³-hybridized carbons (Fsp3) is 0.556. The molecule has 0 bridgehead atoms. The first kappa shape index (κ1) is 17.4. The molecule has 1 unspecified atom stereocenters. The molecule has 7 heteroatoms. The van der Waals surface area contributed by atoms with Gasteiger partial charge in [-0.2, -0.15) is 0 Å². The monoisotopic (exact) mass is 345 g/mol. The van der Waals surface area contributed by atoms with Crippen molar-refractivity contribution in [3.8, 4) is 0 Å². The number of piperidine rings is 1. The summed E-state index contributed by atoms with van der Waals surface area (Å²) in [6.45, 7) is 3.27. The summed E-state index contributed by atoms with van der Waals surface area (Å²) in [6, 6.07) is 4.54. The summed E-state index contributed by atoms with van der Waals surface area (Å²) in [5.41, 5.74) is 0.660. The highest BCUT2D eigenvalue weighted by Crippen LogP contribution is 2.28. The Morgan fingerprint density at radius 2 is 2.08 bits per heavy atom. The molecule has 2 aliphatic rings. The molecule has 1 saturated carbocycles. The van der Waals surface area contributed by atoms with Crippen LogP contribution in [0, 0.1) is 28.9 Å². The predicted molar refractivity (Wildman–Crippen MR) is 92.2 cm³/mol. The van der Waals surface area contributed by atoms with Crippen molar-refractivity contribution in [1.82, 2.24) is 10.2 Å². The summed E-state index contributed by atoms with van der Waals surface area (Å²) in [5.74, 6) is 0.203. The second-order valence-corrected chi connectivity index (χ2v) is 6.99. The molecule has 7 nitrogen and oxygen atoms in total. The number of benzene rings is 1. The molecule has 1 N–H and O–H groups in total. The Kier molecular flexibility index (Phi) is 5.01. The molecular formula is C18H23N3O4. The zero-order valence-electron chi connectivity index (χ0n) is 14.4. The number of hydrogen-bond acceptors (Lipinski definition) is 4. The second kappa shape index (κ2) is 7.21. The Bertz CT molecular complexity index is 700. The molecule has 0 spiro atoms. The van der Waals surface area contributed by atoms with Crippen LogP contribution in [-0.2, 0) is 4.79 Å². The van der Waals surface area contributed by atoms with E-state index in [1.54, 1.807) is 17.9 Å². The van der Waals surface area contributed by atoms with Crippen LogP contribution in [0.4, 0.5) is 5.69 Å². The Morgan fingerprint density at radius 1 is 1.32 bits per heavy atom. The SMILES string of the molecule is Cc1c(C(=O)N2CCCC(C(=O)NCC3CC3)C2)cccc1[N+](=O)[O-]. The Hall–Kier alpha value is -2.44. The molecule has 0 radical (unpaired) electrons. The van der Waals surface area contributed by atoms with E-state index < -0.39 is 4.92 Å². The Balaban J connectivity index is 1.68. The minimum Gasteiger partial charge on any atom is -0.356 e. The topological polar surface area (TPSA) is 92.6 Å². The molecule has 1 heterocycles. The number of carbonyl (C=O) groups is 2. The van der Waals surface area contributed by atoms with E-state index >= 15 is 0 Å². The number of nitro groups is 1. The van der Waals surface area contributed by atoms with Crippen LogP contribution in [0.1, 0.15) is 41.6 Å². The van der Waals surface area contributed by atoms with Gasteiger partial charge in [0.1, 0.15) is 0 Å². The lowest BCUT2D eigenvalue weighted by atomic mass is 9.95. The average molecular weight is 345 g/mol. The number of amides is 2. The van der Waals surface area contributed by atoms with Gasteiger partial charge in [-0.15, -0.1) is 0 Å². The van der Waals surface area contributed by atoms with Crippen LogP contribution in [0.3, 0.4) is 0 Å². The first-order chi connectivity index (χ1) is 12.0. The molecule has 1 saturated heterocycles. The van der Waals surface area contributed by atoms with Crippen LogP contribution < -0.4 is 5.32 Å². The van der Waals surface area contributed by atoms with Crippen molar-refractivity contribution in [3.63, 3.8) is 0 Å². The van der Waals surface area contributed by atoms with Gasteiger partial charge in [-0.3, -0.25) is 19.7 Å². The molecule has 25 heavy (non-hydrogen) atoms. The maximum atomic E-state index is 12.8. The van der Waals surface area contributed by atoms with Gasteiger partial charge in [0.05, 0.1) is 10.8 Å². The van der Waals surface area contributed by atoms with E-state index in [1.807, 2.05) is 0 Å². The Labute approximate surface area is 146 Å². The van der Waals surface area contributed by atoms with Crippen LogP contribution in [0.5, 0.6) is 0 Å². The quantitative estimate of drug-likeness (QED) is 0.654. The predicted octanol–water partition coefficient (Wildman–Crippen LogP) is 2.28. The molecule has 134 valence electrons. The molecule has 1 aliphatic heterocycles. The third-order valence-corrected chi connectivity index (χ3v) is 5.07. The van der Waals surface area contributed by atoms with Crippen LogP contribution in [-0.4, -0.2) is 41.3 Å². The van der Waals surface area contributed by atoms with Gasteiger partial charge in [-0.05, 0) is 44.6 Å². The van der Waals surface area contributed by atoms with E-state index in [9.17, 15) is 19.7 Å². The van der Waals surface area contributed by atoms with Crippen LogP contribution in [0.15, 0.2) is 18.2 Å². The smallest absolute Gasteiger partial charge is 0.273 e. The van der Waals surface area contributed by atoms with Crippen LogP contribution in [0.25, 0.3) is 0 Å². The molecule has 1 aromatic carbocycles. The second-order valence-electron chi connectivity index (χ2n) is 6.99. The summed E-state index contributed by atoms with van der Waals surface area (Å²) in [7, 11) is 0. The number of likely N-dealkylation sites (tertiary alicyclic amines) is 1. The normalized spacial score (nSPS) is 20.2. The standard InChI is InChI=1S/C18H23N3O4/c1-12-15(5-2-6-16(12)21(24)25)18(23)20-9-3-4-14(11-20)17(22)19-10-13-7-8-13/h2,5-6,13-14H,3-4,7-11H2,1H3,(H,19,22). The summed E-state index contributed by atoms with van der Waals surface area (Å²) >= 11 is 0. The number of carbonyl (C=O) groups excluding carboxylic acids is 2. The van der Waals surface area contributed by atoms with E-state index in [1.165, 1.54) is 25.0 Å². The maximum absolute atomic E-state index is 12.8. The molecule has 1 atom stereocenters. The first-order valence-corrected chi connectivity index (χ1v) is 8.78.